The first-order valence-corrected chi connectivity index (χ1v) is 10.3. The third-order valence-electron chi connectivity index (χ3n) is 5.21. The normalized spacial score (nSPS) is 11.1. The van der Waals surface area contributed by atoms with Gasteiger partial charge in [-0.1, -0.05) is 17.7 Å². The summed E-state index contributed by atoms with van der Waals surface area (Å²) < 4.78 is 7.00. The van der Waals surface area contributed by atoms with Crippen LogP contribution in [-0.2, 0) is 0 Å². The molecular weight excluding hydrogens is 444 g/mol. The number of aromatic hydroxyl groups is 1. The number of fused-ring (bicyclic) bond motifs is 1. The number of halogens is 1. The standard InChI is InChI=1S/C24H15ClN4O4/c1-13-20(21(31)23-28-27-22(33-23)18-4-2-3-11-26-18)17-12-16(30)9-10-19(17)29(13)24(32)14-5-7-15(25)8-6-14/h2-12,30H,1H3. The zero-order valence-electron chi connectivity index (χ0n) is 17.2. The number of phenolic OH excluding ortho intramolecular Hbond substituents is 1. The molecule has 1 N–H and O–H groups in total. The number of phenols is 1. The fourth-order valence-corrected chi connectivity index (χ4v) is 3.82. The molecule has 2 aromatic carbocycles. The molecule has 9 heteroatoms. The topological polar surface area (TPSA) is 111 Å². The van der Waals surface area contributed by atoms with Crippen molar-refractivity contribution in [3.8, 4) is 17.3 Å². The number of hydrogen-bond donors (Lipinski definition) is 1. The first kappa shape index (κ1) is 20.6. The van der Waals surface area contributed by atoms with Crippen molar-refractivity contribution in [2.75, 3.05) is 0 Å². The van der Waals surface area contributed by atoms with E-state index in [1.165, 1.54) is 16.7 Å². The second-order valence-electron chi connectivity index (χ2n) is 7.27. The van der Waals surface area contributed by atoms with Crippen LogP contribution in [0, 0.1) is 6.92 Å². The van der Waals surface area contributed by atoms with Gasteiger partial charge in [0.15, 0.2) is 0 Å². The molecule has 0 saturated heterocycles. The van der Waals surface area contributed by atoms with E-state index in [0.29, 0.717) is 32.9 Å². The molecule has 0 amide bonds. The SMILES string of the molecule is Cc1c(C(=O)c2nnc(-c3ccccn3)o2)c2cc(O)ccc2n1C(=O)c1ccc(Cl)cc1. The molecule has 0 unspecified atom stereocenters. The second-order valence-corrected chi connectivity index (χ2v) is 7.70. The predicted molar refractivity (Wildman–Crippen MR) is 120 cm³/mol. The predicted octanol–water partition coefficient (Wildman–Crippen LogP) is 4.67. The summed E-state index contributed by atoms with van der Waals surface area (Å²) in [6.07, 6.45) is 1.57. The smallest absolute Gasteiger partial charge is 0.289 e. The number of benzene rings is 2. The van der Waals surface area contributed by atoms with E-state index in [-0.39, 0.29) is 29.0 Å². The van der Waals surface area contributed by atoms with Crippen molar-refractivity contribution in [1.82, 2.24) is 19.7 Å². The van der Waals surface area contributed by atoms with Crippen LogP contribution in [0.3, 0.4) is 0 Å². The van der Waals surface area contributed by atoms with Gasteiger partial charge in [0.25, 0.3) is 23.5 Å². The van der Waals surface area contributed by atoms with Crippen molar-refractivity contribution in [3.05, 3.63) is 94.6 Å². The molecule has 0 aliphatic carbocycles. The van der Waals surface area contributed by atoms with Gasteiger partial charge in [-0.05, 0) is 61.5 Å². The van der Waals surface area contributed by atoms with Crippen molar-refractivity contribution in [2.45, 2.75) is 6.92 Å². The molecular formula is C24H15ClN4O4. The van der Waals surface area contributed by atoms with Crippen LogP contribution in [0.4, 0.5) is 0 Å². The highest BCUT2D eigenvalue weighted by molar-refractivity contribution is 6.30. The van der Waals surface area contributed by atoms with E-state index in [1.54, 1.807) is 61.7 Å². The third-order valence-corrected chi connectivity index (χ3v) is 5.46. The summed E-state index contributed by atoms with van der Waals surface area (Å²) in [7, 11) is 0. The van der Waals surface area contributed by atoms with Crippen LogP contribution in [0.25, 0.3) is 22.5 Å². The maximum atomic E-state index is 13.4. The molecule has 0 bridgehead atoms. The number of carbonyl (C=O) groups is 2. The zero-order chi connectivity index (χ0) is 23.1. The lowest BCUT2D eigenvalue weighted by atomic mass is 10.1. The maximum absolute atomic E-state index is 13.4. The van der Waals surface area contributed by atoms with Gasteiger partial charge in [-0.25, -0.2) is 0 Å². The molecule has 8 nitrogen and oxygen atoms in total. The van der Waals surface area contributed by atoms with Gasteiger partial charge in [-0.15, -0.1) is 10.2 Å². The minimum Gasteiger partial charge on any atom is -0.508 e. The number of hydrogen-bond acceptors (Lipinski definition) is 7. The quantitative estimate of drug-likeness (QED) is 0.389. The highest BCUT2D eigenvalue weighted by Gasteiger charge is 2.28. The van der Waals surface area contributed by atoms with Crippen LogP contribution in [0.5, 0.6) is 5.75 Å². The Bertz CT molecular complexity index is 1520. The van der Waals surface area contributed by atoms with Crippen LogP contribution in [0.15, 0.2) is 71.3 Å². The van der Waals surface area contributed by atoms with Crippen LogP contribution >= 0.6 is 11.6 Å². The Morgan fingerprint density at radius 3 is 2.55 bits per heavy atom. The Kier molecular flexibility index (Phi) is 4.99. The summed E-state index contributed by atoms with van der Waals surface area (Å²) in [5.41, 5.74) is 1.83. The van der Waals surface area contributed by atoms with Gasteiger partial charge < -0.3 is 9.52 Å². The Labute approximate surface area is 192 Å². The molecule has 5 aromatic rings. The van der Waals surface area contributed by atoms with Gasteiger partial charge in [0, 0.05) is 27.9 Å². The molecule has 0 aliphatic heterocycles. The average molecular weight is 459 g/mol. The van der Waals surface area contributed by atoms with Gasteiger partial charge in [0.1, 0.15) is 11.4 Å². The molecule has 0 atom stereocenters. The number of rotatable bonds is 4. The van der Waals surface area contributed by atoms with Crippen molar-refractivity contribution in [1.29, 1.82) is 0 Å². The number of nitrogens with zero attached hydrogens (tertiary/aromatic N) is 4. The first-order chi connectivity index (χ1) is 15.9. The first-order valence-electron chi connectivity index (χ1n) is 9.88. The van der Waals surface area contributed by atoms with Crippen LogP contribution in [0.1, 0.15) is 32.3 Å². The fraction of sp³-hybridized carbons (Fsp3) is 0.0417. The molecule has 3 heterocycles. The summed E-state index contributed by atoms with van der Waals surface area (Å²) in [6, 6.07) is 16.1. The molecule has 0 radical (unpaired) electrons. The van der Waals surface area contributed by atoms with Gasteiger partial charge >= 0.3 is 0 Å². The highest BCUT2D eigenvalue weighted by atomic mass is 35.5. The summed E-state index contributed by atoms with van der Waals surface area (Å²) in [5.74, 6) is -1.12. The largest absolute Gasteiger partial charge is 0.508 e. The summed E-state index contributed by atoms with van der Waals surface area (Å²) in [6.45, 7) is 1.65. The van der Waals surface area contributed by atoms with Crippen molar-refractivity contribution < 1.29 is 19.1 Å². The summed E-state index contributed by atoms with van der Waals surface area (Å²) in [4.78, 5) is 30.9. The third kappa shape index (κ3) is 3.56. The van der Waals surface area contributed by atoms with Crippen LogP contribution in [0.2, 0.25) is 5.02 Å². The molecule has 5 rings (SSSR count). The Balaban J connectivity index is 1.64. The van der Waals surface area contributed by atoms with Crippen LogP contribution in [-0.4, -0.2) is 36.5 Å². The lowest BCUT2D eigenvalue weighted by Gasteiger charge is -2.07. The Morgan fingerprint density at radius 1 is 1.03 bits per heavy atom. The number of pyridine rings is 1. The lowest BCUT2D eigenvalue weighted by Crippen LogP contribution is -2.14. The van der Waals surface area contributed by atoms with E-state index in [1.807, 2.05) is 0 Å². The number of ketones is 1. The van der Waals surface area contributed by atoms with Gasteiger partial charge in [0.2, 0.25) is 0 Å². The Hall–Kier alpha value is -4.30. The minimum atomic E-state index is -0.569. The van der Waals surface area contributed by atoms with E-state index in [2.05, 4.69) is 15.2 Å². The second kappa shape index (κ2) is 7.99. The summed E-state index contributed by atoms with van der Waals surface area (Å²) in [5, 5.41) is 18.8. The molecule has 162 valence electrons. The van der Waals surface area contributed by atoms with E-state index in [0.717, 1.165) is 0 Å². The van der Waals surface area contributed by atoms with Gasteiger partial charge in [-0.2, -0.15) is 0 Å². The maximum Gasteiger partial charge on any atom is 0.289 e. The van der Waals surface area contributed by atoms with E-state index >= 15 is 0 Å². The molecule has 3 aromatic heterocycles. The monoisotopic (exact) mass is 458 g/mol. The zero-order valence-corrected chi connectivity index (χ0v) is 17.9. The van der Waals surface area contributed by atoms with Crippen molar-refractivity contribution in [2.24, 2.45) is 0 Å². The Morgan fingerprint density at radius 2 is 1.82 bits per heavy atom. The van der Waals surface area contributed by atoms with E-state index in [9.17, 15) is 14.7 Å². The molecule has 0 spiro atoms. The molecule has 0 aliphatic rings. The lowest BCUT2D eigenvalue weighted by molar-refractivity contribution is 0.0963. The van der Waals surface area contributed by atoms with Gasteiger partial charge in [-0.3, -0.25) is 19.1 Å². The highest BCUT2D eigenvalue weighted by Crippen LogP contribution is 2.32. The summed E-state index contributed by atoms with van der Waals surface area (Å²) >= 11 is 5.95. The van der Waals surface area contributed by atoms with Crippen molar-refractivity contribution in [3.63, 3.8) is 0 Å². The van der Waals surface area contributed by atoms with Crippen LogP contribution < -0.4 is 0 Å². The molecule has 0 saturated carbocycles. The number of carbonyl (C=O) groups excluding carboxylic acids is 2. The fourth-order valence-electron chi connectivity index (χ4n) is 3.69. The van der Waals surface area contributed by atoms with Gasteiger partial charge in [0.05, 0.1) is 11.1 Å². The molecule has 33 heavy (non-hydrogen) atoms. The van der Waals surface area contributed by atoms with Crippen molar-refractivity contribution >= 4 is 34.2 Å². The average Bonchev–Trinajstić information content (AvgIpc) is 3.42. The van der Waals surface area contributed by atoms with E-state index in [4.69, 9.17) is 16.0 Å². The number of aromatic nitrogens is 4. The molecule has 0 fully saturated rings. The minimum absolute atomic E-state index is 0.0488. The van der Waals surface area contributed by atoms with E-state index < -0.39 is 5.78 Å².